The fourth-order valence-electron chi connectivity index (χ4n) is 3.94. The highest BCUT2D eigenvalue weighted by Crippen LogP contribution is 2.33. The Balaban J connectivity index is 1.94. The molecule has 3 aromatic rings. The van der Waals surface area contributed by atoms with E-state index in [0.29, 0.717) is 10.2 Å². The van der Waals surface area contributed by atoms with Gasteiger partial charge in [0.05, 0.1) is 5.39 Å². The highest BCUT2D eigenvalue weighted by atomic mass is 32.1. The molecule has 7 heteroatoms. The van der Waals surface area contributed by atoms with Crippen molar-refractivity contribution in [3.8, 4) is 11.1 Å². The molecule has 27 heavy (non-hydrogen) atoms. The molecule has 0 saturated carbocycles. The zero-order chi connectivity index (χ0) is 19.1. The minimum atomic E-state index is -0.957. The first-order valence-corrected chi connectivity index (χ1v) is 10.1. The standard InChI is InChI=1S/C20H21N3O3S/c1-2-15(17(21)24)23-19(25)16-14(10-27-18(16)22-20(23)26)13-8-7-11-5-3-4-6-12(11)9-13/h7-10,15H,2-6H2,1H3,(H2,21,24)(H,22,26). The molecule has 1 aliphatic rings. The lowest BCUT2D eigenvalue weighted by atomic mass is 9.89. The van der Waals surface area contributed by atoms with Crippen LogP contribution in [0.2, 0.25) is 0 Å². The van der Waals surface area contributed by atoms with Crippen molar-refractivity contribution in [3.63, 3.8) is 0 Å². The van der Waals surface area contributed by atoms with Crippen molar-refractivity contribution in [1.29, 1.82) is 0 Å². The summed E-state index contributed by atoms with van der Waals surface area (Å²) in [5.74, 6) is -0.685. The van der Waals surface area contributed by atoms with Crippen molar-refractivity contribution in [2.45, 2.75) is 45.1 Å². The van der Waals surface area contributed by atoms with Crippen LogP contribution in [0.1, 0.15) is 43.4 Å². The summed E-state index contributed by atoms with van der Waals surface area (Å²) in [6, 6.07) is 5.36. The molecule has 1 atom stereocenters. The van der Waals surface area contributed by atoms with Crippen LogP contribution in [0.25, 0.3) is 21.3 Å². The number of nitrogens with one attached hydrogen (secondary N) is 1. The van der Waals surface area contributed by atoms with Crippen molar-refractivity contribution < 1.29 is 4.79 Å². The maximum absolute atomic E-state index is 13.1. The van der Waals surface area contributed by atoms with Gasteiger partial charge in [-0.3, -0.25) is 14.6 Å². The highest BCUT2D eigenvalue weighted by molar-refractivity contribution is 7.17. The van der Waals surface area contributed by atoms with Gasteiger partial charge in [-0.1, -0.05) is 25.1 Å². The number of nitrogens with two attached hydrogens (primary N) is 1. The Kier molecular flexibility index (Phi) is 4.47. The maximum atomic E-state index is 13.1. The molecule has 0 fully saturated rings. The Labute approximate surface area is 159 Å². The lowest BCUT2D eigenvalue weighted by molar-refractivity contribution is -0.121. The van der Waals surface area contributed by atoms with Gasteiger partial charge in [0.25, 0.3) is 5.56 Å². The summed E-state index contributed by atoms with van der Waals surface area (Å²) in [4.78, 5) is 40.5. The normalized spacial score (nSPS) is 14.9. The summed E-state index contributed by atoms with van der Waals surface area (Å²) in [7, 11) is 0. The van der Waals surface area contributed by atoms with Gasteiger partial charge in [-0.25, -0.2) is 9.36 Å². The van der Waals surface area contributed by atoms with E-state index in [-0.39, 0.29) is 6.42 Å². The molecule has 1 unspecified atom stereocenters. The Bertz CT molecular complexity index is 1160. The van der Waals surface area contributed by atoms with E-state index in [0.717, 1.165) is 28.5 Å². The number of nitrogens with zero attached hydrogens (tertiary/aromatic N) is 1. The number of carbonyl (C=O) groups excluding carboxylic acids is 1. The number of primary amides is 1. The highest BCUT2D eigenvalue weighted by Gasteiger charge is 2.23. The predicted molar refractivity (Wildman–Crippen MR) is 107 cm³/mol. The van der Waals surface area contributed by atoms with E-state index >= 15 is 0 Å². The van der Waals surface area contributed by atoms with Crippen LogP contribution in [0.3, 0.4) is 0 Å². The maximum Gasteiger partial charge on any atom is 0.330 e. The smallest absolute Gasteiger partial charge is 0.330 e. The number of amides is 1. The first-order chi connectivity index (χ1) is 13.0. The van der Waals surface area contributed by atoms with Crippen LogP contribution < -0.4 is 17.0 Å². The Hall–Kier alpha value is -2.67. The van der Waals surface area contributed by atoms with E-state index in [1.165, 1.54) is 35.3 Å². The summed E-state index contributed by atoms with van der Waals surface area (Å²) in [6.45, 7) is 1.73. The molecule has 3 N–H and O–H groups in total. The van der Waals surface area contributed by atoms with Gasteiger partial charge in [-0.2, -0.15) is 0 Å². The molecular weight excluding hydrogens is 362 g/mol. The number of H-pyrrole nitrogens is 1. The van der Waals surface area contributed by atoms with E-state index in [4.69, 9.17) is 5.73 Å². The van der Waals surface area contributed by atoms with Crippen molar-refractivity contribution in [1.82, 2.24) is 9.55 Å². The van der Waals surface area contributed by atoms with Crippen LogP contribution in [0.5, 0.6) is 0 Å². The molecule has 0 saturated heterocycles. The monoisotopic (exact) mass is 383 g/mol. The molecular formula is C20H21N3O3S. The molecule has 1 aromatic carbocycles. The molecule has 0 spiro atoms. The number of aromatic amines is 1. The molecule has 1 aliphatic carbocycles. The third kappa shape index (κ3) is 2.92. The van der Waals surface area contributed by atoms with E-state index in [1.54, 1.807) is 6.92 Å². The fraction of sp³-hybridized carbons (Fsp3) is 0.350. The van der Waals surface area contributed by atoms with Gasteiger partial charge in [-0.05, 0) is 48.8 Å². The largest absolute Gasteiger partial charge is 0.368 e. The molecule has 2 aromatic heterocycles. The summed E-state index contributed by atoms with van der Waals surface area (Å²) >= 11 is 1.33. The van der Waals surface area contributed by atoms with Crippen LogP contribution in [0, 0.1) is 0 Å². The summed E-state index contributed by atoms with van der Waals surface area (Å²) in [5.41, 5.74) is 8.80. The van der Waals surface area contributed by atoms with Crippen LogP contribution in [0.15, 0.2) is 33.2 Å². The van der Waals surface area contributed by atoms with E-state index in [2.05, 4.69) is 17.1 Å². The number of fused-ring (bicyclic) bond motifs is 2. The second-order valence-corrected chi connectivity index (χ2v) is 7.86. The van der Waals surface area contributed by atoms with Crippen LogP contribution in [-0.2, 0) is 17.6 Å². The van der Waals surface area contributed by atoms with Crippen molar-refractivity contribution in [2.24, 2.45) is 5.73 Å². The number of thiophene rings is 1. The second-order valence-electron chi connectivity index (χ2n) is 6.98. The number of carbonyl (C=O) groups is 1. The molecule has 6 nitrogen and oxygen atoms in total. The third-order valence-corrected chi connectivity index (χ3v) is 6.24. The zero-order valence-corrected chi connectivity index (χ0v) is 15.9. The third-order valence-electron chi connectivity index (χ3n) is 5.35. The van der Waals surface area contributed by atoms with Crippen LogP contribution >= 0.6 is 11.3 Å². The number of aryl methyl sites for hydroxylation is 2. The molecule has 0 bridgehead atoms. The van der Waals surface area contributed by atoms with Gasteiger partial charge in [0.1, 0.15) is 10.9 Å². The molecule has 0 radical (unpaired) electrons. The molecule has 2 heterocycles. The lowest BCUT2D eigenvalue weighted by Crippen LogP contribution is -2.42. The van der Waals surface area contributed by atoms with Crippen molar-refractivity contribution >= 4 is 27.5 Å². The summed E-state index contributed by atoms with van der Waals surface area (Å²) in [5, 5.41) is 2.33. The van der Waals surface area contributed by atoms with Gasteiger partial charge in [0, 0.05) is 10.9 Å². The first kappa shape index (κ1) is 17.7. The predicted octanol–water partition coefficient (Wildman–Crippen LogP) is 2.73. The van der Waals surface area contributed by atoms with Crippen LogP contribution in [0.4, 0.5) is 0 Å². The van der Waals surface area contributed by atoms with Crippen molar-refractivity contribution in [3.05, 3.63) is 55.5 Å². The Morgan fingerprint density at radius 2 is 2.00 bits per heavy atom. The molecule has 140 valence electrons. The van der Waals surface area contributed by atoms with Crippen LogP contribution in [-0.4, -0.2) is 15.5 Å². The topological polar surface area (TPSA) is 97.9 Å². The van der Waals surface area contributed by atoms with Crippen molar-refractivity contribution in [2.75, 3.05) is 0 Å². The fourth-order valence-corrected chi connectivity index (χ4v) is 4.89. The average molecular weight is 383 g/mol. The van der Waals surface area contributed by atoms with Gasteiger partial charge in [0.2, 0.25) is 5.91 Å². The number of hydrogen-bond acceptors (Lipinski definition) is 4. The quantitative estimate of drug-likeness (QED) is 0.725. The number of rotatable bonds is 4. The second kappa shape index (κ2) is 6.81. The molecule has 4 rings (SSSR count). The average Bonchev–Trinajstić information content (AvgIpc) is 3.08. The van der Waals surface area contributed by atoms with Gasteiger partial charge in [0.15, 0.2) is 0 Å². The summed E-state index contributed by atoms with van der Waals surface area (Å²) in [6.07, 6.45) is 4.81. The SMILES string of the molecule is CCC(C(N)=O)n1c(=O)[nH]c2scc(-c3ccc4c(c3)CCCC4)c2c1=O. The first-order valence-electron chi connectivity index (χ1n) is 9.18. The number of hydrogen-bond donors (Lipinski definition) is 2. The number of benzene rings is 1. The minimum Gasteiger partial charge on any atom is -0.368 e. The van der Waals surface area contributed by atoms with Gasteiger partial charge in [-0.15, -0.1) is 11.3 Å². The van der Waals surface area contributed by atoms with E-state index in [9.17, 15) is 14.4 Å². The Morgan fingerprint density at radius 3 is 2.70 bits per heavy atom. The lowest BCUT2D eigenvalue weighted by Gasteiger charge is -2.16. The minimum absolute atomic E-state index is 0.280. The zero-order valence-electron chi connectivity index (χ0n) is 15.1. The van der Waals surface area contributed by atoms with Gasteiger partial charge >= 0.3 is 5.69 Å². The molecule has 0 aliphatic heterocycles. The van der Waals surface area contributed by atoms with Gasteiger partial charge < -0.3 is 5.73 Å². The summed E-state index contributed by atoms with van der Waals surface area (Å²) < 4.78 is 0.958. The van der Waals surface area contributed by atoms with E-state index in [1.807, 2.05) is 11.4 Å². The number of aromatic nitrogens is 2. The molecule has 1 amide bonds. The Morgan fingerprint density at radius 1 is 1.26 bits per heavy atom. The van der Waals surface area contributed by atoms with E-state index < -0.39 is 23.2 Å².